The summed E-state index contributed by atoms with van der Waals surface area (Å²) in [6.45, 7) is 6.50. The molecule has 1 fully saturated rings. The van der Waals surface area contributed by atoms with Crippen molar-refractivity contribution in [1.82, 2.24) is 0 Å². The summed E-state index contributed by atoms with van der Waals surface area (Å²) >= 11 is 0. The Morgan fingerprint density at radius 2 is 2.00 bits per heavy atom. The topological polar surface area (TPSA) is 4.36 Å². The first-order valence-corrected chi connectivity index (χ1v) is 3.46. The van der Waals surface area contributed by atoms with Gasteiger partial charge in [0.1, 0.15) is 0 Å². The Balaban J connectivity index is 2.28. The minimum Gasteiger partial charge on any atom is -0.246 e. The van der Waals surface area contributed by atoms with Crippen molar-refractivity contribution in [1.29, 1.82) is 0 Å². The van der Waals surface area contributed by atoms with Crippen molar-refractivity contribution < 1.29 is 0 Å². The molecule has 0 bridgehead atoms. The van der Waals surface area contributed by atoms with E-state index in [1.165, 1.54) is 25.7 Å². The van der Waals surface area contributed by atoms with Crippen molar-refractivity contribution in [3.05, 3.63) is 23.7 Å². The van der Waals surface area contributed by atoms with E-state index in [2.05, 4.69) is 4.85 Å². The molecule has 9 heavy (non-hydrogen) atoms. The van der Waals surface area contributed by atoms with Gasteiger partial charge in [0, 0.05) is 0 Å². The summed E-state index contributed by atoms with van der Waals surface area (Å²) in [5, 5.41) is 0. The number of hydrogen-bond donors (Lipinski definition) is 0. The lowest BCUT2D eigenvalue weighted by molar-refractivity contribution is 0.686. The highest BCUT2D eigenvalue weighted by Gasteiger charge is 2.10. The molecule has 0 heterocycles. The van der Waals surface area contributed by atoms with Crippen LogP contribution in [-0.2, 0) is 0 Å². The normalized spacial score (nSPS) is 20.8. The Morgan fingerprint density at radius 3 is 2.56 bits per heavy atom. The molecule has 0 atom stereocenters. The summed E-state index contributed by atoms with van der Waals surface area (Å²) in [6, 6.07) is 0. The fourth-order valence-corrected chi connectivity index (χ4v) is 1.31. The Labute approximate surface area is 56.2 Å². The largest absolute Gasteiger partial charge is 0.246 e. The molecular formula is C8H11N. The second-order valence-electron chi connectivity index (χ2n) is 2.52. The fraction of sp³-hybridized carbons (Fsp3) is 0.625. The molecule has 0 aliphatic heterocycles. The quantitative estimate of drug-likeness (QED) is 0.470. The number of hydrogen-bond acceptors (Lipinski definition) is 0. The van der Waals surface area contributed by atoms with Gasteiger partial charge in [0.25, 0.3) is 0 Å². The zero-order valence-electron chi connectivity index (χ0n) is 5.51. The molecule has 1 nitrogen and oxygen atoms in total. The van der Waals surface area contributed by atoms with Crippen LogP contribution in [0.2, 0.25) is 0 Å². The molecule has 1 rings (SSSR count). The Bertz CT molecular complexity index is 135. The van der Waals surface area contributed by atoms with Crippen LogP contribution in [0, 0.1) is 12.5 Å². The van der Waals surface area contributed by atoms with Crippen LogP contribution in [0.1, 0.15) is 25.7 Å². The van der Waals surface area contributed by atoms with Gasteiger partial charge in [0.05, 0.1) is 6.57 Å². The van der Waals surface area contributed by atoms with Crippen molar-refractivity contribution in [2.45, 2.75) is 25.7 Å². The van der Waals surface area contributed by atoms with E-state index < -0.39 is 0 Å². The first kappa shape index (κ1) is 6.35. The lowest BCUT2D eigenvalue weighted by Gasteiger charge is -1.96. The molecule has 48 valence electrons. The zero-order chi connectivity index (χ0) is 6.53. The summed E-state index contributed by atoms with van der Waals surface area (Å²) in [4.78, 5) is 3.17. The molecule has 1 heteroatoms. The summed E-state index contributed by atoms with van der Waals surface area (Å²) in [7, 11) is 0. The first-order chi connectivity index (χ1) is 4.43. The summed E-state index contributed by atoms with van der Waals surface area (Å²) in [5.41, 5.74) is 0. The van der Waals surface area contributed by atoms with E-state index in [0.29, 0.717) is 0 Å². The van der Waals surface area contributed by atoms with Crippen molar-refractivity contribution in [3.8, 4) is 0 Å². The highest BCUT2D eigenvalue weighted by atomic mass is 14.6. The van der Waals surface area contributed by atoms with Crippen LogP contribution in [0.4, 0.5) is 0 Å². The maximum Gasteiger partial charge on any atom is 0.150 e. The number of nitrogens with zero attached hydrogens (tertiary/aromatic N) is 1. The van der Waals surface area contributed by atoms with Crippen LogP contribution >= 0.6 is 0 Å². The van der Waals surface area contributed by atoms with Crippen molar-refractivity contribution >= 4 is 0 Å². The van der Waals surface area contributed by atoms with Gasteiger partial charge in [-0.05, 0) is 18.8 Å². The van der Waals surface area contributed by atoms with Crippen LogP contribution in [0.5, 0.6) is 0 Å². The molecule has 0 spiro atoms. The van der Waals surface area contributed by atoms with Crippen LogP contribution < -0.4 is 0 Å². The van der Waals surface area contributed by atoms with Gasteiger partial charge in [-0.1, -0.05) is 18.9 Å². The fourth-order valence-electron chi connectivity index (χ4n) is 1.31. The van der Waals surface area contributed by atoms with E-state index in [9.17, 15) is 0 Å². The van der Waals surface area contributed by atoms with Crippen LogP contribution in [0.15, 0.2) is 12.3 Å². The van der Waals surface area contributed by atoms with Crippen LogP contribution in [0.3, 0.4) is 0 Å². The number of allylic oxidation sites excluding steroid dienone is 1. The van der Waals surface area contributed by atoms with Crippen molar-refractivity contribution in [3.63, 3.8) is 0 Å². The summed E-state index contributed by atoms with van der Waals surface area (Å²) < 4.78 is 0. The first-order valence-electron chi connectivity index (χ1n) is 3.46. The molecule has 0 saturated heterocycles. The monoisotopic (exact) mass is 121 g/mol. The van der Waals surface area contributed by atoms with Gasteiger partial charge in [-0.15, -0.1) is 0 Å². The highest BCUT2D eigenvalue weighted by Crippen LogP contribution is 2.25. The van der Waals surface area contributed by atoms with E-state index >= 15 is 0 Å². The third-order valence-electron chi connectivity index (χ3n) is 1.83. The minimum absolute atomic E-state index is 0.721. The molecule has 1 aliphatic rings. The van der Waals surface area contributed by atoms with Gasteiger partial charge >= 0.3 is 0 Å². The molecular weight excluding hydrogens is 110 g/mol. The van der Waals surface area contributed by atoms with E-state index in [1.54, 1.807) is 6.20 Å². The van der Waals surface area contributed by atoms with E-state index in [4.69, 9.17) is 6.57 Å². The zero-order valence-corrected chi connectivity index (χ0v) is 5.51. The lowest BCUT2D eigenvalue weighted by atomic mass is 10.1. The molecule has 0 N–H and O–H groups in total. The molecule has 0 aromatic carbocycles. The molecule has 1 saturated carbocycles. The second-order valence-corrected chi connectivity index (χ2v) is 2.52. The molecule has 0 aromatic heterocycles. The third-order valence-corrected chi connectivity index (χ3v) is 1.83. The maximum absolute atomic E-state index is 6.50. The lowest BCUT2D eigenvalue weighted by Crippen LogP contribution is -1.83. The predicted molar refractivity (Wildman–Crippen MR) is 37.7 cm³/mol. The Hall–Kier alpha value is -0.770. The van der Waals surface area contributed by atoms with Gasteiger partial charge in [-0.25, -0.2) is 4.85 Å². The van der Waals surface area contributed by atoms with E-state index in [1.807, 2.05) is 6.08 Å². The van der Waals surface area contributed by atoms with E-state index in [-0.39, 0.29) is 0 Å². The molecule has 1 aliphatic carbocycles. The maximum atomic E-state index is 6.50. The molecule has 0 radical (unpaired) electrons. The molecule has 0 aromatic rings. The summed E-state index contributed by atoms with van der Waals surface area (Å²) in [5.74, 6) is 0.721. The SMILES string of the molecule is [C-]#[N+]/C=C/C1CCCC1. The van der Waals surface area contributed by atoms with Gasteiger partial charge < -0.3 is 0 Å². The van der Waals surface area contributed by atoms with Gasteiger partial charge in [-0.2, -0.15) is 0 Å². The number of rotatable bonds is 1. The van der Waals surface area contributed by atoms with Crippen LogP contribution in [0.25, 0.3) is 4.85 Å². The van der Waals surface area contributed by atoms with Crippen LogP contribution in [-0.4, -0.2) is 0 Å². The van der Waals surface area contributed by atoms with Gasteiger partial charge in [0.15, 0.2) is 6.20 Å². The molecule has 0 unspecified atom stereocenters. The van der Waals surface area contributed by atoms with Gasteiger partial charge in [-0.3, -0.25) is 0 Å². The average molecular weight is 121 g/mol. The van der Waals surface area contributed by atoms with Crippen molar-refractivity contribution in [2.75, 3.05) is 0 Å². The van der Waals surface area contributed by atoms with Gasteiger partial charge in [0.2, 0.25) is 0 Å². The second kappa shape index (κ2) is 3.29. The summed E-state index contributed by atoms with van der Waals surface area (Å²) in [6.07, 6.45) is 8.94. The molecule has 0 amide bonds. The highest BCUT2D eigenvalue weighted by molar-refractivity contribution is 4.95. The predicted octanol–water partition coefficient (Wildman–Crippen LogP) is 2.61. The minimum atomic E-state index is 0.721. The Morgan fingerprint density at radius 1 is 1.33 bits per heavy atom. The average Bonchev–Trinajstić information content (AvgIpc) is 2.34. The third kappa shape index (κ3) is 1.89. The van der Waals surface area contributed by atoms with Crippen molar-refractivity contribution in [2.24, 2.45) is 5.92 Å². The Kier molecular flexibility index (Phi) is 2.32. The standard InChI is InChI=1S/C8H11N/c1-9-7-6-8-4-2-3-5-8/h6-8H,2-5H2/b7-6+. The van der Waals surface area contributed by atoms with E-state index in [0.717, 1.165) is 5.92 Å². The smallest absolute Gasteiger partial charge is 0.150 e.